The minimum atomic E-state index is -0.458. The lowest BCUT2D eigenvalue weighted by molar-refractivity contribution is 0.0539. The maximum atomic E-state index is 14.0. The van der Waals surface area contributed by atoms with E-state index in [1.807, 2.05) is 4.90 Å². The van der Waals surface area contributed by atoms with Gasteiger partial charge in [0.25, 0.3) is 11.9 Å². The second kappa shape index (κ2) is 8.82. The van der Waals surface area contributed by atoms with E-state index >= 15 is 0 Å². The Labute approximate surface area is 194 Å². The highest BCUT2D eigenvalue weighted by Gasteiger charge is 2.34. The van der Waals surface area contributed by atoms with E-state index in [2.05, 4.69) is 27.4 Å². The molecule has 1 amide bonds. The van der Waals surface area contributed by atoms with Crippen molar-refractivity contribution < 1.29 is 13.6 Å². The Bertz CT molecular complexity index is 1290. The Balaban J connectivity index is 1.40. The monoisotopic (exact) mass is 468 g/mol. The smallest absolute Gasteiger partial charge is 0.295 e. The number of anilines is 1. The Morgan fingerprint density at radius 1 is 1.24 bits per heavy atom. The van der Waals surface area contributed by atoms with Gasteiger partial charge in [-0.05, 0) is 49.1 Å². The molecule has 4 aromatic rings. The van der Waals surface area contributed by atoms with E-state index in [0.29, 0.717) is 46.5 Å². The number of hydrogen-bond donors (Lipinski definition) is 1. The molecule has 8 nitrogen and oxygen atoms in total. The van der Waals surface area contributed by atoms with Gasteiger partial charge in [-0.25, -0.2) is 4.39 Å². The van der Waals surface area contributed by atoms with Crippen molar-refractivity contribution >= 4 is 34.6 Å². The van der Waals surface area contributed by atoms with Crippen LogP contribution in [-0.2, 0) is 0 Å². The van der Waals surface area contributed by atoms with Crippen molar-refractivity contribution in [2.24, 2.45) is 5.92 Å². The van der Waals surface area contributed by atoms with E-state index in [-0.39, 0.29) is 17.9 Å². The van der Waals surface area contributed by atoms with E-state index in [4.69, 9.17) is 16.0 Å². The van der Waals surface area contributed by atoms with Crippen LogP contribution in [0.15, 0.2) is 53.2 Å². The van der Waals surface area contributed by atoms with Crippen LogP contribution < -0.4 is 5.32 Å². The largest absolute Gasteiger partial charge is 0.424 e. The third-order valence-corrected chi connectivity index (χ3v) is 6.25. The minimum Gasteiger partial charge on any atom is -0.424 e. The third kappa shape index (κ3) is 4.28. The highest BCUT2D eigenvalue weighted by atomic mass is 35.5. The zero-order valence-corrected chi connectivity index (χ0v) is 18.7. The number of piperidine rings is 1. The summed E-state index contributed by atoms with van der Waals surface area (Å²) in [6.45, 7) is 3.18. The molecule has 0 bridgehead atoms. The van der Waals surface area contributed by atoms with Crippen LogP contribution >= 0.6 is 11.6 Å². The summed E-state index contributed by atoms with van der Waals surface area (Å²) in [6.07, 6.45) is 4.86. The molecular weight excluding hydrogens is 447 g/mol. The number of rotatable bonds is 5. The molecule has 0 spiro atoms. The molecule has 0 unspecified atom stereocenters. The molecule has 2 aromatic heterocycles. The average molecular weight is 469 g/mol. The molecule has 33 heavy (non-hydrogen) atoms. The lowest BCUT2D eigenvalue weighted by Gasteiger charge is -2.40. The van der Waals surface area contributed by atoms with Crippen LogP contribution in [0.25, 0.3) is 16.8 Å². The Kier molecular flexibility index (Phi) is 5.72. The molecule has 10 heteroatoms. The van der Waals surface area contributed by atoms with Gasteiger partial charge in [-0.15, -0.1) is 0 Å². The quantitative estimate of drug-likeness (QED) is 0.462. The SMILES string of the molecule is C[C@@H]1CCCN(C(=O)c2ccc(F)cc2-n2nccn2)[C@@H]1CNc1nc2cc(Cl)ccc2o1. The van der Waals surface area contributed by atoms with E-state index in [0.717, 1.165) is 12.8 Å². The van der Waals surface area contributed by atoms with Crippen molar-refractivity contribution in [1.82, 2.24) is 24.9 Å². The summed E-state index contributed by atoms with van der Waals surface area (Å²) in [6, 6.07) is 9.58. The number of amides is 1. The number of likely N-dealkylation sites (tertiary alicyclic amines) is 1. The summed E-state index contributed by atoms with van der Waals surface area (Å²) in [5, 5.41) is 12.0. The van der Waals surface area contributed by atoms with Crippen LogP contribution in [0.4, 0.5) is 10.4 Å². The zero-order valence-electron chi connectivity index (χ0n) is 17.9. The number of hydrogen-bond acceptors (Lipinski definition) is 6. The highest BCUT2D eigenvalue weighted by Crippen LogP contribution is 2.28. The normalized spacial score (nSPS) is 18.6. The van der Waals surface area contributed by atoms with E-state index in [1.165, 1.54) is 35.4 Å². The topological polar surface area (TPSA) is 89.1 Å². The number of nitrogens with one attached hydrogen (secondary N) is 1. The van der Waals surface area contributed by atoms with Crippen molar-refractivity contribution in [3.63, 3.8) is 0 Å². The van der Waals surface area contributed by atoms with Crippen LogP contribution in [0.2, 0.25) is 5.02 Å². The summed E-state index contributed by atoms with van der Waals surface area (Å²) in [7, 11) is 0. The number of nitrogens with zero attached hydrogens (tertiary/aromatic N) is 5. The number of aromatic nitrogens is 4. The number of benzene rings is 2. The molecular formula is C23H22ClFN6O2. The molecule has 0 saturated carbocycles. The first-order valence-electron chi connectivity index (χ1n) is 10.8. The van der Waals surface area contributed by atoms with Crippen molar-refractivity contribution in [1.29, 1.82) is 0 Å². The predicted octanol–water partition coefficient (Wildman–Crippen LogP) is 4.55. The van der Waals surface area contributed by atoms with Crippen molar-refractivity contribution in [3.8, 4) is 5.69 Å². The second-order valence-electron chi connectivity index (χ2n) is 8.18. The van der Waals surface area contributed by atoms with Crippen LogP contribution in [0.5, 0.6) is 0 Å². The first kappa shape index (κ1) is 21.4. The standard InChI is InChI=1S/C23H22ClFN6O2/c1-14-3-2-10-30(20(14)13-26-23-29-18-11-15(24)4-7-21(18)33-23)22(32)17-6-5-16(25)12-19(17)31-27-8-9-28-31/h4-9,11-12,14,20H,2-3,10,13H2,1H3,(H,26,29)/t14-,20-/m1/s1. The van der Waals surface area contributed by atoms with Gasteiger partial charge in [0, 0.05) is 24.2 Å². The molecule has 1 aliphatic heterocycles. The van der Waals surface area contributed by atoms with E-state index in [9.17, 15) is 9.18 Å². The number of carbonyl (C=O) groups is 1. The van der Waals surface area contributed by atoms with Crippen molar-refractivity contribution in [3.05, 3.63) is 65.2 Å². The fourth-order valence-corrected chi connectivity index (χ4v) is 4.49. The first-order chi connectivity index (χ1) is 16.0. The number of halogens is 2. The fraction of sp³-hybridized carbons (Fsp3) is 0.304. The van der Waals surface area contributed by atoms with Gasteiger partial charge in [0.15, 0.2) is 5.58 Å². The Hall–Kier alpha value is -3.46. The molecule has 170 valence electrons. The van der Waals surface area contributed by atoms with Crippen LogP contribution in [0, 0.1) is 11.7 Å². The van der Waals surface area contributed by atoms with E-state index in [1.54, 1.807) is 18.2 Å². The number of fused-ring (bicyclic) bond motifs is 1. The predicted molar refractivity (Wildman–Crippen MR) is 122 cm³/mol. The minimum absolute atomic E-state index is 0.103. The Morgan fingerprint density at radius 2 is 2.06 bits per heavy atom. The fourth-order valence-electron chi connectivity index (χ4n) is 4.33. The summed E-state index contributed by atoms with van der Waals surface area (Å²) in [5.74, 6) is -0.397. The molecule has 2 aromatic carbocycles. The average Bonchev–Trinajstić information content (AvgIpc) is 3.47. The van der Waals surface area contributed by atoms with Gasteiger partial charge < -0.3 is 14.6 Å². The number of carbonyl (C=O) groups excluding carboxylic acids is 1. The van der Waals surface area contributed by atoms with Gasteiger partial charge in [-0.3, -0.25) is 4.79 Å². The van der Waals surface area contributed by atoms with Crippen LogP contribution in [0.3, 0.4) is 0 Å². The molecule has 1 saturated heterocycles. The molecule has 3 heterocycles. The molecule has 1 fully saturated rings. The van der Waals surface area contributed by atoms with Crippen molar-refractivity contribution in [2.75, 3.05) is 18.4 Å². The lowest BCUT2D eigenvalue weighted by Crippen LogP contribution is -2.51. The zero-order chi connectivity index (χ0) is 22.9. The van der Waals surface area contributed by atoms with Crippen LogP contribution in [-0.4, -0.2) is 49.9 Å². The van der Waals surface area contributed by atoms with E-state index < -0.39 is 5.82 Å². The van der Waals surface area contributed by atoms with Gasteiger partial charge in [0.2, 0.25) is 0 Å². The molecule has 1 aliphatic rings. The summed E-state index contributed by atoms with van der Waals surface area (Å²) >= 11 is 6.04. The third-order valence-electron chi connectivity index (χ3n) is 6.01. The molecule has 1 N–H and O–H groups in total. The van der Waals surface area contributed by atoms with Gasteiger partial charge in [-0.1, -0.05) is 18.5 Å². The van der Waals surface area contributed by atoms with Crippen molar-refractivity contribution in [2.45, 2.75) is 25.8 Å². The van der Waals surface area contributed by atoms with Gasteiger partial charge in [0.05, 0.1) is 24.0 Å². The van der Waals surface area contributed by atoms with Gasteiger partial charge in [-0.2, -0.15) is 20.0 Å². The summed E-state index contributed by atoms with van der Waals surface area (Å²) < 4.78 is 19.7. The van der Waals surface area contributed by atoms with Crippen LogP contribution in [0.1, 0.15) is 30.1 Å². The second-order valence-corrected chi connectivity index (χ2v) is 8.61. The maximum Gasteiger partial charge on any atom is 0.295 e. The summed E-state index contributed by atoms with van der Waals surface area (Å²) in [4.78, 5) is 21.2. The Morgan fingerprint density at radius 3 is 2.88 bits per heavy atom. The highest BCUT2D eigenvalue weighted by molar-refractivity contribution is 6.31. The molecule has 0 aliphatic carbocycles. The number of oxazole rings is 1. The molecule has 2 atom stereocenters. The lowest BCUT2D eigenvalue weighted by atomic mass is 9.90. The van der Waals surface area contributed by atoms with Gasteiger partial charge in [0.1, 0.15) is 17.0 Å². The first-order valence-corrected chi connectivity index (χ1v) is 11.1. The summed E-state index contributed by atoms with van der Waals surface area (Å²) in [5.41, 5.74) is 1.96. The van der Waals surface area contributed by atoms with Gasteiger partial charge >= 0.3 is 0 Å². The maximum absolute atomic E-state index is 14.0. The molecule has 0 radical (unpaired) electrons. The molecule has 5 rings (SSSR count).